The lowest BCUT2D eigenvalue weighted by atomic mass is 9.88. The van der Waals surface area contributed by atoms with Gasteiger partial charge in [0.2, 0.25) is 0 Å². The molecule has 5 rings (SSSR count). The molecule has 3 nitrogen and oxygen atoms in total. The van der Waals surface area contributed by atoms with Crippen molar-refractivity contribution < 1.29 is 9.57 Å². The van der Waals surface area contributed by atoms with Gasteiger partial charge in [-0.15, -0.1) is 5.06 Å². The maximum Gasteiger partial charge on any atom is 0.150 e. The van der Waals surface area contributed by atoms with Gasteiger partial charge in [0, 0.05) is 12.1 Å². The van der Waals surface area contributed by atoms with Crippen LogP contribution < -0.4 is 4.84 Å². The number of benzene rings is 2. The molecule has 130 valence electrons. The molecule has 0 spiro atoms. The molecule has 26 heavy (non-hydrogen) atoms. The highest BCUT2D eigenvalue weighted by Crippen LogP contribution is 2.38. The lowest BCUT2D eigenvalue weighted by Gasteiger charge is -2.33. The highest BCUT2D eigenvalue weighted by Gasteiger charge is 2.32. The lowest BCUT2D eigenvalue weighted by molar-refractivity contribution is -0.0753. The van der Waals surface area contributed by atoms with Crippen LogP contribution in [0.4, 0.5) is 0 Å². The van der Waals surface area contributed by atoms with E-state index in [0.29, 0.717) is 0 Å². The smallest absolute Gasteiger partial charge is 0.150 e. The molecule has 1 atom stereocenters. The van der Waals surface area contributed by atoms with E-state index in [2.05, 4.69) is 59.7 Å². The summed E-state index contributed by atoms with van der Waals surface area (Å²) in [4.78, 5) is 6.39. The van der Waals surface area contributed by atoms with E-state index in [1.54, 1.807) is 6.26 Å². The van der Waals surface area contributed by atoms with Crippen LogP contribution in [0.5, 0.6) is 5.75 Å². The summed E-state index contributed by atoms with van der Waals surface area (Å²) in [6.45, 7) is 0.902. The van der Waals surface area contributed by atoms with E-state index >= 15 is 0 Å². The Labute approximate surface area is 153 Å². The minimum Gasteiger partial charge on any atom is -0.465 e. The molecule has 0 saturated heterocycles. The van der Waals surface area contributed by atoms with Gasteiger partial charge in [-0.3, -0.25) is 0 Å². The Morgan fingerprint density at radius 3 is 2.85 bits per heavy atom. The third-order valence-electron chi connectivity index (χ3n) is 5.28. The maximum absolute atomic E-state index is 6.39. The Kier molecular flexibility index (Phi) is 3.87. The van der Waals surface area contributed by atoms with Crippen LogP contribution in [-0.2, 0) is 11.2 Å². The van der Waals surface area contributed by atoms with E-state index < -0.39 is 0 Å². The number of para-hydroxylation sites is 1. The number of allylic oxidation sites excluding steroid dienone is 1. The number of ether oxygens (including phenoxy) is 1. The molecule has 0 saturated carbocycles. The normalized spacial score (nSPS) is 21.6. The second-order valence-corrected chi connectivity index (χ2v) is 6.88. The van der Waals surface area contributed by atoms with Crippen LogP contribution in [-0.4, -0.2) is 17.6 Å². The third-order valence-corrected chi connectivity index (χ3v) is 5.28. The van der Waals surface area contributed by atoms with Crippen molar-refractivity contribution in [3.63, 3.8) is 0 Å². The fourth-order valence-corrected chi connectivity index (χ4v) is 4.04. The van der Waals surface area contributed by atoms with Gasteiger partial charge in [-0.25, -0.2) is 0 Å². The minimum atomic E-state index is 0.141. The summed E-state index contributed by atoms with van der Waals surface area (Å²) in [5.41, 5.74) is 4.92. The van der Waals surface area contributed by atoms with Crippen molar-refractivity contribution in [1.29, 1.82) is 0 Å². The summed E-state index contributed by atoms with van der Waals surface area (Å²) in [6.07, 6.45) is 11.1. The largest absolute Gasteiger partial charge is 0.465 e. The van der Waals surface area contributed by atoms with Crippen LogP contribution in [0, 0.1) is 0 Å². The van der Waals surface area contributed by atoms with Gasteiger partial charge >= 0.3 is 0 Å². The Balaban J connectivity index is 1.56. The zero-order chi connectivity index (χ0) is 17.3. The average molecular weight is 343 g/mol. The molecule has 1 unspecified atom stereocenters. The van der Waals surface area contributed by atoms with Gasteiger partial charge in [0.1, 0.15) is 5.76 Å². The second kappa shape index (κ2) is 6.50. The van der Waals surface area contributed by atoms with E-state index in [1.165, 1.54) is 22.3 Å². The van der Waals surface area contributed by atoms with Crippen molar-refractivity contribution in [2.45, 2.75) is 25.3 Å². The molecule has 0 radical (unpaired) electrons. The molecular formula is C23H21NO2. The van der Waals surface area contributed by atoms with Crippen molar-refractivity contribution in [3.05, 3.63) is 89.4 Å². The van der Waals surface area contributed by atoms with E-state index in [9.17, 15) is 0 Å². The quantitative estimate of drug-likeness (QED) is 0.730. The third kappa shape index (κ3) is 2.65. The van der Waals surface area contributed by atoms with Gasteiger partial charge in [-0.2, -0.15) is 0 Å². The second-order valence-electron chi connectivity index (χ2n) is 6.88. The molecule has 0 fully saturated rings. The Morgan fingerprint density at radius 2 is 1.85 bits per heavy atom. The van der Waals surface area contributed by atoms with Crippen LogP contribution in [0.1, 0.15) is 29.5 Å². The SMILES string of the molecule is C1=CC2=C(c3ccccc3C=CO2)C(N2CCCc3ccccc3O2)C1. The van der Waals surface area contributed by atoms with Crippen molar-refractivity contribution in [2.24, 2.45) is 0 Å². The number of hydrogen-bond acceptors (Lipinski definition) is 3. The van der Waals surface area contributed by atoms with Gasteiger partial charge in [0.15, 0.2) is 5.75 Å². The first-order valence-corrected chi connectivity index (χ1v) is 9.26. The molecule has 1 aliphatic carbocycles. The summed E-state index contributed by atoms with van der Waals surface area (Å²) in [5.74, 6) is 1.89. The number of hydroxylamine groups is 2. The van der Waals surface area contributed by atoms with E-state index in [-0.39, 0.29) is 6.04 Å². The van der Waals surface area contributed by atoms with E-state index in [1.807, 2.05) is 12.1 Å². The molecule has 2 heterocycles. The van der Waals surface area contributed by atoms with Crippen LogP contribution >= 0.6 is 0 Å². The minimum absolute atomic E-state index is 0.141. The molecule has 0 aromatic heterocycles. The van der Waals surface area contributed by atoms with Gasteiger partial charge < -0.3 is 9.57 Å². The Bertz CT molecular complexity index is 925. The standard InChI is InChI=1S/C23H21NO2/c1-3-10-19-17(7-1)14-16-25-22-13-5-11-20(23(19)22)24-15-6-9-18-8-2-4-12-21(18)26-24/h1-5,7-8,10,12-14,16,20H,6,9,11,15H2. The zero-order valence-corrected chi connectivity index (χ0v) is 14.6. The summed E-state index contributed by atoms with van der Waals surface area (Å²) < 4.78 is 5.94. The molecule has 3 aliphatic rings. The highest BCUT2D eigenvalue weighted by molar-refractivity contribution is 5.81. The van der Waals surface area contributed by atoms with Gasteiger partial charge in [0.05, 0.1) is 12.3 Å². The van der Waals surface area contributed by atoms with Crippen LogP contribution in [0.25, 0.3) is 11.6 Å². The van der Waals surface area contributed by atoms with Crippen molar-refractivity contribution in [2.75, 3.05) is 6.54 Å². The van der Waals surface area contributed by atoms with Crippen LogP contribution in [0.3, 0.4) is 0 Å². The maximum atomic E-state index is 6.39. The fourth-order valence-electron chi connectivity index (χ4n) is 4.04. The molecule has 2 aliphatic heterocycles. The highest BCUT2D eigenvalue weighted by atomic mass is 16.7. The summed E-state index contributed by atoms with van der Waals surface area (Å²) in [7, 11) is 0. The lowest BCUT2D eigenvalue weighted by Crippen LogP contribution is -2.40. The number of rotatable bonds is 1. The number of hydrogen-bond donors (Lipinski definition) is 0. The first kappa shape index (κ1) is 15.5. The molecule has 0 amide bonds. The van der Waals surface area contributed by atoms with E-state index in [0.717, 1.165) is 37.3 Å². The molecule has 3 heteroatoms. The van der Waals surface area contributed by atoms with Crippen molar-refractivity contribution >= 4 is 11.6 Å². The van der Waals surface area contributed by atoms with Gasteiger partial charge in [-0.1, -0.05) is 48.5 Å². The summed E-state index contributed by atoms with van der Waals surface area (Å²) >= 11 is 0. The summed E-state index contributed by atoms with van der Waals surface area (Å²) in [6, 6.07) is 17.0. The molecule has 2 aromatic carbocycles. The Morgan fingerprint density at radius 1 is 0.962 bits per heavy atom. The molecule has 0 bridgehead atoms. The zero-order valence-electron chi connectivity index (χ0n) is 14.6. The fraction of sp³-hybridized carbons (Fsp3) is 0.217. The van der Waals surface area contributed by atoms with Crippen molar-refractivity contribution in [1.82, 2.24) is 5.06 Å². The van der Waals surface area contributed by atoms with E-state index in [4.69, 9.17) is 9.57 Å². The van der Waals surface area contributed by atoms with Crippen molar-refractivity contribution in [3.8, 4) is 5.75 Å². The predicted molar refractivity (Wildman–Crippen MR) is 103 cm³/mol. The molecular weight excluding hydrogens is 322 g/mol. The topological polar surface area (TPSA) is 21.7 Å². The Hall–Kier alpha value is -2.78. The monoisotopic (exact) mass is 343 g/mol. The number of nitrogens with zero attached hydrogens (tertiary/aromatic N) is 1. The van der Waals surface area contributed by atoms with Gasteiger partial charge in [-0.05, 0) is 54.2 Å². The first-order valence-electron chi connectivity index (χ1n) is 9.26. The number of aryl methyl sites for hydroxylation is 1. The average Bonchev–Trinajstić information content (AvgIpc) is 3.01. The molecule has 2 aromatic rings. The van der Waals surface area contributed by atoms with Gasteiger partial charge in [0.25, 0.3) is 0 Å². The number of fused-ring (bicyclic) bond motifs is 3. The summed E-state index contributed by atoms with van der Waals surface area (Å²) in [5, 5.41) is 2.15. The first-order chi connectivity index (χ1) is 12.9. The van der Waals surface area contributed by atoms with Crippen LogP contribution in [0.2, 0.25) is 0 Å². The van der Waals surface area contributed by atoms with Crippen LogP contribution in [0.15, 0.2) is 72.7 Å². The predicted octanol–water partition coefficient (Wildman–Crippen LogP) is 4.97. The molecule has 0 N–H and O–H groups in total.